The molecule has 0 fully saturated rings. The normalized spacial score (nSPS) is 10.9. The molecular weight excluding hydrogens is 312 g/mol. The number of hydrogen-bond donors (Lipinski definition) is 0. The van der Waals surface area contributed by atoms with Gasteiger partial charge in [0.05, 0.1) is 6.20 Å². The first-order chi connectivity index (χ1) is 10.6. The number of benzene rings is 1. The minimum Gasteiger partial charge on any atom is -0.453 e. The third-order valence-electron chi connectivity index (χ3n) is 2.87. The molecule has 0 unspecified atom stereocenters. The lowest BCUT2D eigenvalue weighted by molar-refractivity contribution is 0.0566. The number of ether oxygens (including phenoxy) is 1. The molecule has 22 heavy (non-hydrogen) atoms. The molecule has 0 atom stereocenters. The van der Waals surface area contributed by atoms with Crippen LogP contribution in [0.5, 0.6) is 11.5 Å². The Bertz CT molecular complexity index is 777. The van der Waals surface area contributed by atoms with Crippen LogP contribution in [-0.2, 0) is 0 Å². The standard InChI is InChI=1S/C15H10ClF2N3O/c16-13-8-11(6-7-19-13)22-12-9-21(15(17)18)20-14(12)10-4-2-1-3-5-10/h1-9,15H. The van der Waals surface area contributed by atoms with Crippen molar-refractivity contribution >= 4 is 11.6 Å². The van der Waals surface area contributed by atoms with Crippen molar-refractivity contribution in [3.63, 3.8) is 0 Å². The van der Waals surface area contributed by atoms with Crippen LogP contribution in [-0.4, -0.2) is 14.8 Å². The van der Waals surface area contributed by atoms with Crippen LogP contribution in [0.4, 0.5) is 8.78 Å². The fourth-order valence-corrected chi connectivity index (χ4v) is 2.08. The topological polar surface area (TPSA) is 39.9 Å². The molecule has 0 amide bonds. The average molecular weight is 322 g/mol. The van der Waals surface area contributed by atoms with Gasteiger partial charge in [0, 0.05) is 17.8 Å². The Labute approximate surface area is 129 Å². The molecule has 0 N–H and O–H groups in total. The summed E-state index contributed by atoms with van der Waals surface area (Å²) in [5.74, 6) is 0.611. The Morgan fingerprint density at radius 1 is 1.14 bits per heavy atom. The summed E-state index contributed by atoms with van der Waals surface area (Å²) in [5, 5.41) is 4.14. The van der Waals surface area contributed by atoms with Crippen molar-refractivity contribution in [2.45, 2.75) is 6.55 Å². The Hall–Kier alpha value is -2.47. The quantitative estimate of drug-likeness (QED) is 0.649. The average Bonchev–Trinajstić information content (AvgIpc) is 2.92. The lowest BCUT2D eigenvalue weighted by atomic mass is 10.1. The third-order valence-corrected chi connectivity index (χ3v) is 3.08. The second kappa shape index (κ2) is 6.11. The van der Waals surface area contributed by atoms with Crippen LogP contribution in [0.1, 0.15) is 6.55 Å². The molecule has 0 radical (unpaired) electrons. The van der Waals surface area contributed by atoms with Crippen LogP contribution in [0.3, 0.4) is 0 Å². The van der Waals surface area contributed by atoms with Gasteiger partial charge in [0.2, 0.25) is 0 Å². The Balaban J connectivity index is 2.02. The van der Waals surface area contributed by atoms with Crippen molar-refractivity contribution in [2.75, 3.05) is 0 Å². The maximum absolute atomic E-state index is 12.9. The molecule has 3 aromatic rings. The van der Waals surface area contributed by atoms with E-state index < -0.39 is 6.55 Å². The highest BCUT2D eigenvalue weighted by Crippen LogP contribution is 2.33. The molecular formula is C15H10ClF2N3O. The van der Waals surface area contributed by atoms with Crippen molar-refractivity contribution in [3.8, 4) is 22.8 Å². The fraction of sp³-hybridized carbons (Fsp3) is 0.0667. The largest absolute Gasteiger partial charge is 0.453 e. The Kier molecular flexibility index (Phi) is 4.02. The van der Waals surface area contributed by atoms with E-state index in [-0.39, 0.29) is 10.9 Å². The van der Waals surface area contributed by atoms with Gasteiger partial charge in [0.1, 0.15) is 16.6 Å². The second-order valence-electron chi connectivity index (χ2n) is 4.38. The number of aromatic nitrogens is 3. The van der Waals surface area contributed by atoms with Gasteiger partial charge in [-0.2, -0.15) is 13.9 Å². The van der Waals surface area contributed by atoms with Gasteiger partial charge in [-0.15, -0.1) is 0 Å². The van der Waals surface area contributed by atoms with Crippen molar-refractivity contribution < 1.29 is 13.5 Å². The molecule has 0 spiro atoms. The van der Waals surface area contributed by atoms with E-state index in [4.69, 9.17) is 16.3 Å². The van der Waals surface area contributed by atoms with Crippen LogP contribution >= 0.6 is 11.6 Å². The number of halogens is 3. The molecule has 0 aliphatic carbocycles. The smallest absolute Gasteiger partial charge is 0.333 e. The summed E-state index contributed by atoms with van der Waals surface area (Å²) in [7, 11) is 0. The summed E-state index contributed by atoms with van der Waals surface area (Å²) < 4.78 is 32.0. The van der Waals surface area contributed by atoms with E-state index in [1.165, 1.54) is 12.3 Å². The number of alkyl halides is 2. The monoisotopic (exact) mass is 321 g/mol. The van der Waals surface area contributed by atoms with Gasteiger partial charge in [-0.1, -0.05) is 41.9 Å². The molecule has 3 rings (SSSR count). The lowest BCUT2D eigenvalue weighted by Crippen LogP contribution is -1.97. The zero-order chi connectivity index (χ0) is 15.5. The van der Waals surface area contributed by atoms with Crippen LogP contribution in [0, 0.1) is 0 Å². The summed E-state index contributed by atoms with van der Waals surface area (Å²) in [6.07, 6.45) is 2.62. The van der Waals surface area contributed by atoms with Crippen molar-refractivity contribution in [1.29, 1.82) is 0 Å². The lowest BCUT2D eigenvalue weighted by Gasteiger charge is -2.05. The van der Waals surface area contributed by atoms with Crippen molar-refractivity contribution in [2.24, 2.45) is 0 Å². The molecule has 7 heteroatoms. The third kappa shape index (κ3) is 3.07. The predicted octanol–water partition coefficient (Wildman–Crippen LogP) is 4.79. The van der Waals surface area contributed by atoms with Crippen molar-refractivity contribution in [3.05, 3.63) is 60.0 Å². The second-order valence-corrected chi connectivity index (χ2v) is 4.77. The molecule has 2 aromatic heterocycles. The first-order valence-corrected chi connectivity index (χ1v) is 6.73. The van der Waals surface area contributed by atoms with Crippen LogP contribution in [0.2, 0.25) is 5.15 Å². The SMILES string of the molecule is FC(F)n1cc(Oc2ccnc(Cl)c2)c(-c2ccccc2)n1. The number of rotatable bonds is 4. The Morgan fingerprint density at radius 3 is 2.59 bits per heavy atom. The highest BCUT2D eigenvalue weighted by molar-refractivity contribution is 6.29. The molecule has 4 nitrogen and oxygen atoms in total. The highest BCUT2D eigenvalue weighted by atomic mass is 35.5. The molecule has 0 aliphatic rings. The number of hydrogen-bond acceptors (Lipinski definition) is 3. The van der Waals surface area contributed by atoms with E-state index >= 15 is 0 Å². The maximum Gasteiger partial charge on any atom is 0.333 e. The van der Waals surface area contributed by atoms with E-state index in [2.05, 4.69) is 10.1 Å². The first kappa shape index (κ1) is 14.5. The van der Waals surface area contributed by atoms with Gasteiger partial charge in [0.15, 0.2) is 5.75 Å². The van der Waals surface area contributed by atoms with E-state index in [0.29, 0.717) is 21.7 Å². The van der Waals surface area contributed by atoms with E-state index in [9.17, 15) is 8.78 Å². The van der Waals surface area contributed by atoms with Crippen LogP contribution in [0.25, 0.3) is 11.3 Å². The van der Waals surface area contributed by atoms with Crippen molar-refractivity contribution in [1.82, 2.24) is 14.8 Å². The zero-order valence-corrected chi connectivity index (χ0v) is 11.9. The van der Waals surface area contributed by atoms with Gasteiger partial charge in [0.25, 0.3) is 0 Å². The molecule has 0 saturated heterocycles. The minimum absolute atomic E-state index is 0.216. The first-order valence-electron chi connectivity index (χ1n) is 6.35. The van der Waals surface area contributed by atoms with E-state index in [1.807, 2.05) is 6.07 Å². The summed E-state index contributed by atoms with van der Waals surface area (Å²) in [6.45, 7) is -2.75. The van der Waals surface area contributed by atoms with E-state index in [1.54, 1.807) is 30.3 Å². The van der Waals surface area contributed by atoms with Gasteiger partial charge in [-0.05, 0) is 6.07 Å². The molecule has 0 aliphatic heterocycles. The predicted molar refractivity (Wildman–Crippen MR) is 78.2 cm³/mol. The van der Waals surface area contributed by atoms with E-state index in [0.717, 1.165) is 6.20 Å². The molecule has 2 heterocycles. The minimum atomic E-state index is -2.75. The molecule has 112 valence electrons. The summed E-state index contributed by atoms with van der Waals surface area (Å²) >= 11 is 5.79. The van der Waals surface area contributed by atoms with Crippen LogP contribution < -0.4 is 4.74 Å². The summed E-state index contributed by atoms with van der Waals surface area (Å²) in [4.78, 5) is 3.84. The maximum atomic E-state index is 12.9. The molecule has 0 saturated carbocycles. The number of pyridine rings is 1. The van der Waals surface area contributed by atoms with Gasteiger partial charge in [-0.25, -0.2) is 9.67 Å². The molecule has 0 bridgehead atoms. The fourth-order valence-electron chi connectivity index (χ4n) is 1.92. The van der Waals surface area contributed by atoms with Gasteiger partial charge < -0.3 is 4.74 Å². The zero-order valence-electron chi connectivity index (χ0n) is 11.2. The number of nitrogens with zero attached hydrogens (tertiary/aromatic N) is 3. The summed E-state index contributed by atoms with van der Waals surface area (Å²) in [6, 6.07) is 12.0. The van der Waals surface area contributed by atoms with Gasteiger partial charge in [-0.3, -0.25) is 0 Å². The van der Waals surface area contributed by atoms with Crippen LogP contribution in [0.15, 0.2) is 54.9 Å². The van der Waals surface area contributed by atoms with Gasteiger partial charge >= 0.3 is 6.55 Å². The molecule has 1 aromatic carbocycles. The highest BCUT2D eigenvalue weighted by Gasteiger charge is 2.17. The summed E-state index contributed by atoms with van der Waals surface area (Å²) in [5.41, 5.74) is 1.01. The Morgan fingerprint density at radius 2 is 1.91 bits per heavy atom.